The fraction of sp³-hybridized carbons (Fsp3) is 0.421. The number of furan rings is 1. The van der Waals surface area contributed by atoms with Crippen LogP contribution < -0.4 is 4.90 Å². The van der Waals surface area contributed by atoms with Crippen LogP contribution in [0.15, 0.2) is 41.1 Å². The highest BCUT2D eigenvalue weighted by molar-refractivity contribution is 5.71. The molecule has 0 aromatic carbocycles. The van der Waals surface area contributed by atoms with Gasteiger partial charge in [0.15, 0.2) is 5.65 Å². The van der Waals surface area contributed by atoms with Crippen molar-refractivity contribution in [1.82, 2.24) is 15.0 Å². The van der Waals surface area contributed by atoms with Crippen molar-refractivity contribution in [3.63, 3.8) is 0 Å². The summed E-state index contributed by atoms with van der Waals surface area (Å²) < 4.78 is 6.06. The van der Waals surface area contributed by atoms with Gasteiger partial charge in [0.2, 0.25) is 0 Å². The molecule has 1 saturated heterocycles. The number of aryl methyl sites for hydroxylation is 1. The van der Waals surface area contributed by atoms with Gasteiger partial charge in [-0.25, -0.2) is 9.97 Å². The molecular formula is C19H22N4O. The molecule has 2 atom stereocenters. The lowest BCUT2D eigenvalue weighted by atomic mass is 9.91. The largest absolute Gasteiger partial charge is 0.464 e. The molecule has 4 rings (SSSR count). The number of hydrogen-bond acceptors (Lipinski definition) is 5. The van der Waals surface area contributed by atoms with E-state index in [0.29, 0.717) is 11.6 Å². The Labute approximate surface area is 141 Å². The summed E-state index contributed by atoms with van der Waals surface area (Å²) in [5.74, 6) is 3.72. The first-order valence-electron chi connectivity index (χ1n) is 8.67. The lowest BCUT2D eigenvalue weighted by Crippen LogP contribution is -2.36. The Balaban J connectivity index is 1.71. The molecule has 5 heteroatoms. The van der Waals surface area contributed by atoms with Crippen molar-refractivity contribution in [3.05, 3.63) is 48.2 Å². The summed E-state index contributed by atoms with van der Waals surface area (Å²) in [7, 11) is 0. The Morgan fingerprint density at radius 1 is 1.17 bits per heavy atom. The third-order valence-corrected chi connectivity index (χ3v) is 4.84. The minimum absolute atomic E-state index is 0.232. The molecule has 3 aromatic rings. The zero-order valence-electron chi connectivity index (χ0n) is 14.1. The first-order chi connectivity index (χ1) is 11.7. The first-order valence-corrected chi connectivity index (χ1v) is 8.67. The Morgan fingerprint density at radius 3 is 2.88 bits per heavy atom. The van der Waals surface area contributed by atoms with Crippen molar-refractivity contribution in [1.29, 1.82) is 0 Å². The zero-order chi connectivity index (χ0) is 16.5. The highest BCUT2D eigenvalue weighted by Gasteiger charge is 2.31. The van der Waals surface area contributed by atoms with Crippen molar-refractivity contribution in [3.8, 4) is 0 Å². The highest BCUT2D eigenvalue weighted by atomic mass is 16.3. The van der Waals surface area contributed by atoms with Gasteiger partial charge in [-0.15, -0.1) is 0 Å². The number of anilines is 1. The molecule has 2 unspecified atom stereocenters. The summed E-state index contributed by atoms with van der Waals surface area (Å²) in [6, 6.07) is 8.49. The van der Waals surface area contributed by atoms with Crippen LogP contribution in [-0.4, -0.2) is 21.5 Å². The van der Waals surface area contributed by atoms with Crippen LogP contribution in [-0.2, 0) is 6.42 Å². The molecular weight excluding hydrogens is 300 g/mol. The molecule has 0 radical (unpaired) electrons. The number of nitrogens with zero attached hydrogens (tertiary/aromatic N) is 4. The summed E-state index contributed by atoms with van der Waals surface area (Å²) in [6.07, 6.45) is 6.56. The smallest absolute Gasteiger partial charge is 0.180 e. The summed E-state index contributed by atoms with van der Waals surface area (Å²) in [6.45, 7) is 5.41. The van der Waals surface area contributed by atoms with Crippen LogP contribution in [0.2, 0.25) is 0 Å². The van der Waals surface area contributed by atoms with Crippen molar-refractivity contribution >= 4 is 17.0 Å². The van der Waals surface area contributed by atoms with E-state index in [2.05, 4.69) is 40.8 Å². The van der Waals surface area contributed by atoms with Crippen molar-refractivity contribution in [2.24, 2.45) is 5.92 Å². The fourth-order valence-electron chi connectivity index (χ4n) is 3.45. The number of piperidine rings is 1. The van der Waals surface area contributed by atoms with Gasteiger partial charge in [-0.3, -0.25) is 4.98 Å². The average molecular weight is 322 g/mol. The molecule has 1 fully saturated rings. The summed E-state index contributed by atoms with van der Waals surface area (Å²) in [5.41, 5.74) is 1.52. The Hall–Kier alpha value is -2.43. The van der Waals surface area contributed by atoms with E-state index in [1.807, 2.05) is 12.1 Å². The lowest BCUT2D eigenvalue weighted by Gasteiger charge is -2.38. The molecule has 124 valence electrons. The van der Waals surface area contributed by atoms with Gasteiger partial charge in [0.25, 0.3) is 0 Å². The van der Waals surface area contributed by atoms with Crippen LogP contribution in [0.3, 0.4) is 0 Å². The van der Waals surface area contributed by atoms with Crippen LogP contribution in [0.1, 0.15) is 44.3 Å². The molecule has 0 saturated carbocycles. The summed E-state index contributed by atoms with van der Waals surface area (Å²) in [5, 5.41) is 0. The van der Waals surface area contributed by atoms with E-state index in [1.54, 1.807) is 12.4 Å². The van der Waals surface area contributed by atoms with Crippen molar-refractivity contribution < 1.29 is 4.42 Å². The van der Waals surface area contributed by atoms with E-state index in [1.165, 1.54) is 0 Å². The Bertz CT molecular complexity index is 844. The molecule has 0 bridgehead atoms. The number of pyridine rings is 1. The second-order valence-corrected chi connectivity index (χ2v) is 6.56. The summed E-state index contributed by atoms with van der Waals surface area (Å²) >= 11 is 0. The number of aromatic nitrogens is 3. The number of fused-ring (bicyclic) bond motifs is 1. The molecule has 0 amide bonds. The maximum atomic E-state index is 6.06. The van der Waals surface area contributed by atoms with Crippen LogP contribution in [0.5, 0.6) is 0 Å². The predicted molar refractivity (Wildman–Crippen MR) is 93.9 cm³/mol. The normalized spacial score (nSPS) is 21.3. The SMILES string of the molecule is CCc1ccc(C2CC(C)CCN2c2ccc3nccnc3n2)o1. The predicted octanol–water partition coefficient (Wildman–Crippen LogP) is 4.16. The monoisotopic (exact) mass is 322 g/mol. The van der Waals surface area contributed by atoms with Crippen LogP contribution in [0.4, 0.5) is 5.82 Å². The highest BCUT2D eigenvalue weighted by Crippen LogP contribution is 2.37. The minimum Gasteiger partial charge on any atom is -0.464 e. The average Bonchev–Trinajstić information content (AvgIpc) is 3.10. The van der Waals surface area contributed by atoms with Crippen molar-refractivity contribution in [2.75, 3.05) is 11.4 Å². The molecule has 3 aromatic heterocycles. The summed E-state index contributed by atoms with van der Waals surface area (Å²) in [4.78, 5) is 15.7. The van der Waals surface area contributed by atoms with Crippen LogP contribution >= 0.6 is 0 Å². The minimum atomic E-state index is 0.232. The zero-order valence-corrected chi connectivity index (χ0v) is 14.1. The van der Waals surface area contributed by atoms with E-state index < -0.39 is 0 Å². The first kappa shape index (κ1) is 15.1. The van der Waals surface area contributed by atoms with Gasteiger partial charge >= 0.3 is 0 Å². The maximum Gasteiger partial charge on any atom is 0.180 e. The molecule has 1 aliphatic rings. The van der Waals surface area contributed by atoms with Gasteiger partial charge in [-0.05, 0) is 43.0 Å². The van der Waals surface area contributed by atoms with E-state index in [-0.39, 0.29) is 6.04 Å². The molecule has 1 aliphatic heterocycles. The lowest BCUT2D eigenvalue weighted by molar-refractivity contribution is 0.321. The van der Waals surface area contributed by atoms with Crippen LogP contribution in [0.25, 0.3) is 11.2 Å². The molecule has 5 nitrogen and oxygen atoms in total. The molecule has 0 spiro atoms. The topological polar surface area (TPSA) is 55.1 Å². The van der Waals surface area contributed by atoms with Gasteiger partial charge in [0.1, 0.15) is 22.9 Å². The number of rotatable bonds is 3. The van der Waals surface area contributed by atoms with Gasteiger partial charge in [-0.1, -0.05) is 13.8 Å². The van der Waals surface area contributed by atoms with Gasteiger partial charge in [0.05, 0.1) is 6.04 Å². The third-order valence-electron chi connectivity index (χ3n) is 4.84. The van der Waals surface area contributed by atoms with E-state index in [0.717, 1.165) is 48.7 Å². The third kappa shape index (κ3) is 2.75. The van der Waals surface area contributed by atoms with Gasteiger partial charge in [0, 0.05) is 25.4 Å². The van der Waals surface area contributed by atoms with E-state index in [9.17, 15) is 0 Å². The van der Waals surface area contributed by atoms with Crippen molar-refractivity contribution in [2.45, 2.75) is 39.2 Å². The second-order valence-electron chi connectivity index (χ2n) is 6.56. The second kappa shape index (κ2) is 6.23. The Kier molecular flexibility index (Phi) is 3.92. The van der Waals surface area contributed by atoms with Gasteiger partial charge in [-0.2, -0.15) is 0 Å². The fourth-order valence-corrected chi connectivity index (χ4v) is 3.45. The molecule has 0 N–H and O–H groups in total. The maximum absolute atomic E-state index is 6.06. The standard InChI is InChI=1S/C19H22N4O/c1-3-14-4-6-17(24-14)16-12-13(2)8-11-23(16)18-7-5-15-19(22-18)21-10-9-20-15/h4-7,9-10,13,16H,3,8,11-12H2,1-2H3. The van der Waals surface area contributed by atoms with Gasteiger partial charge < -0.3 is 9.32 Å². The molecule has 0 aliphatic carbocycles. The molecule has 4 heterocycles. The quantitative estimate of drug-likeness (QED) is 0.725. The Morgan fingerprint density at radius 2 is 2.04 bits per heavy atom. The number of hydrogen-bond donors (Lipinski definition) is 0. The van der Waals surface area contributed by atoms with E-state index in [4.69, 9.17) is 9.40 Å². The van der Waals surface area contributed by atoms with E-state index >= 15 is 0 Å². The van der Waals surface area contributed by atoms with Crippen LogP contribution in [0, 0.1) is 5.92 Å². The molecule has 24 heavy (non-hydrogen) atoms.